The SMILES string of the molecule is CC1(C)[C@@H]2CC[C@]1(C)[C@@H](OC(=O)/C=C/c1ccccc1)C2. The van der Waals surface area contributed by atoms with Crippen LogP contribution in [0.15, 0.2) is 36.4 Å². The Labute approximate surface area is 127 Å². The lowest BCUT2D eigenvalue weighted by molar-refractivity contribution is -0.150. The molecule has 0 spiro atoms. The van der Waals surface area contributed by atoms with Gasteiger partial charge in [-0.15, -0.1) is 0 Å². The Balaban J connectivity index is 1.66. The Kier molecular flexibility index (Phi) is 3.43. The molecule has 3 atom stereocenters. The van der Waals surface area contributed by atoms with Crippen LogP contribution in [0.5, 0.6) is 0 Å². The third kappa shape index (κ3) is 2.31. The van der Waals surface area contributed by atoms with Gasteiger partial charge in [-0.25, -0.2) is 4.79 Å². The quantitative estimate of drug-likeness (QED) is 0.605. The molecule has 2 fully saturated rings. The largest absolute Gasteiger partial charge is 0.459 e. The topological polar surface area (TPSA) is 26.3 Å². The van der Waals surface area contributed by atoms with E-state index in [9.17, 15) is 4.79 Å². The number of carbonyl (C=O) groups excluding carboxylic acids is 1. The lowest BCUT2D eigenvalue weighted by atomic mass is 9.70. The summed E-state index contributed by atoms with van der Waals surface area (Å²) in [6.07, 6.45) is 6.91. The number of fused-ring (bicyclic) bond motifs is 2. The average molecular weight is 284 g/mol. The number of rotatable bonds is 3. The van der Waals surface area contributed by atoms with Crippen molar-refractivity contribution in [1.82, 2.24) is 0 Å². The van der Waals surface area contributed by atoms with Crippen LogP contribution in [0.2, 0.25) is 0 Å². The molecule has 0 N–H and O–H groups in total. The van der Waals surface area contributed by atoms with Crippen LogP contribution in [0.3, 0.4) is 0 Å². The number of benzene rings is 1. The van der Waals surface area contributed by atoms with Crippen LogP contribution in [0.4, 0.5) is 0 Å². The van der Waals surface area contributed by atoms with Crippen molar-refractivity contribution in [3.05, 3.63) is 42.0 Å². The molecule has 2 aliphatic carbocycles. The first-order valence-corrected chi connectivity index (χ1v) is 7.87. The van der Waals surface area contributed by atoms with Gasteiger partial charge in [-0.2, -0.15) is 0 Å². The third-order valence-corrected chi connectivity index (χ3v) is 6.18. The molecule has 2 nitrogen and oxygen atoms in total. The zero-order chi connectivity index (χ0) is 15.1. The first-order valence-electron chi connectivity index (χ1n) is 7.87. The molecular formula is C19H24O2. The van der Waals surface area contributed by atoms with E-state index in [1.54, 1.807) is 6.08 Å². The molecule has 0 radical (unpaired) electrons. The first-order chi connectivity index (χ1) is 9.93. The van der Waals surface area contributed by atoms with Gasteiger partial charge in [0.2, 0.25) is 0 Å². The first kappa shape index (κ1) is 14.4. The lowest BCUT2D eigenvalue weighted by Gasteiger charge is -2.38. The van der Waals surface area contributed by atoms with Crippen LogP contribution in [0.25, 0.3) is 6.08 Å². The Bertz CT molecular complexity index is 558. The molecule has 0 heterocycles. The fourth-order valence-corrected chi connectivity index (χ4v) is 4.22. The highest BCUT2D eigenvalue weighted by Crippen LogP contribution is 2.66. The van der Waals surface area contributed by atoms with Gasteiger partial charge in [0.05, 0.1) is 0 Å². The van der Waals surface area contributed by atoms with Gasteiger partial charge < -0.3 is 4.74 Å². The predicted molar refractivity (Wildman–Crippen MR) is 84.6 cm³/mol. The Morgan fingerprint density at radius 2 is 1.95 bits per heavy atom. The summed E-state index contributed by atoms with van der Waals surface area (Å²) in [6.45, 7) is 6.95. The minimum atomic E-state index is -0.214. The summed E-state index contributed by atoms with van der Waals surface area (Å²) in [7, 11) is 0. The van der Waals surface area contributed by atoms with Gasteiger partial charge in [-0.1, -0.05) is 51.1 Å². The second kappa shape index (κ2) is 5.01. The number of esters is 1. The third-order valence-electron chi connectivity index (χ3n) is 6.18. The fraction of sp³-hybridized carbons (Fsp3) is 0.526. The van der Waals surface area contributed by atoms with E-state index in [1.807, 2.05) is 36.4 Å². The number of ether oxygens (including phenoxy) is 1. The van der Waals surface area contributed by atoms with Gasteiger partial charge in [0.1, 0.15) is 6.10 Å². The molecular weight excluding hydrogens is 260 g/mol. The molecule has 1 aromatic rings. The minimum absolute atomic E-state index is 0.0687. The van der Waals surface area contributed by atoms with Crippen LogP contribution < -0.4 is 0 Å². The smallest absolute Gasteiger partial charge is 0.331 e. The molecule has 3 rings (SSSR count). The number of hydrogen-bond donors (Lipinski definition) is 0. The highest BCUT2D eigenvalue weighted by molar-refractivity contribution is 5.87. The highest BCUT2D eigenvalue weighted by Gasteiger charge is 2.62. The second-order valence-electron chi connectivity index (χ2n) is 7.28. The summed E-state index contributed by atoms with van der Waals surface area (Å²) in [5, 5.41) is 0. The Morgan fingerprint density at radius 3 is 2.52 bits per heavy atom. The van der Waals surface area contributed by atoms with Crippen molar-refractivity contribution in [3.63, 3.8) is 0 Å². The van der Waals surface area contributed by atoms with Crippen molar-refractivity contribution in [2.45, 2.75) is 46.1 Å². The van der Waals surface area contributed by atoms with Gasteiger partial charge >= 0.3 is 5.97 Å². The van der Waals surface area contributed by atoms with Crippen molar-refractivity contribution in [1.29, 1.82) is 0 Å². The monoisotopic (exact) mass is 284 g/mol. The molecule has 21 heavy (non-hydrogen) atoms. The highest BCUT2D eigenvalue weighted by atomic mass is 16.5. The van der Waals surface area contributed by atoms with Crippen molar-refractivity contribution in [2.24, 2.45) is 16.7 Å². The number of hydrogen-bond acceptors (Lipinski definition) is 2. The summed E-state index contributed by atoms with van der Waals surface area (Å²) in [5.74, 6) is 0.479. The molecule has 112 valence electrons. The van der Waals surface area contributed by atoms with E-state index >= 15 is 0 Å². The van der Waals surface area contributed by atoms with Crippen LogP contribution in [0, 0.1) is 16.7 Å². The molecule has 0 aromatic heterocycles. The van der Waals surface area contributed by atoms with E-state index in [2.05, 4.69) is 20.8 Å². The molecule has 1 aromatic carbocycles. The fourth-order valence-electron chi connectivity index (χ4n) is 4.22. The van der Waals surface area contributed by atoms with Crippen LogP contribution in [0.1, 0.15) is 45.6 Å². The normalized spacial score (nSPS) is 33.5. The van der Waals surface area contributed by atoms with E-state index in [0.717, 1.165) is 12.0 Å². The number of carbonyl (C=O) groups is 1. The van der Waals surface area contributed by atoms with Crippen molar-refractivity contribution < 1.29 is 9.53 Å². The van der Waals surface area contributed by atoms with Gasteiger partial charge in [-0.3, -0.25) is 0 Å². The molecule has 2 saturated carbocycles. The maximum absolute atomic E-state index is 12.1. The van der Waals surface area contributed by atoms with E-state index in [1.165, 1.54) is 12.8 Å². The van der Waals surface area contributed by atoms with Gasteiger partial charge in [0, 0.05) is 11.5 Å². The van der Waals surface area contributed by atoms with E-state index in [0.29, 0.717) is 5.92 Å². The van der Waals surface area contributed by atoms with E-state index in [-0.39, 0.29) is 22.9 Å². The zero-order valence-electron chi connectivity index (χ0n) is 13.1. The maximum Gasteiger partial charge on any atom is 0.331 e. The standard InChI is InChI=1S/C19H24O2/c1-18(2)15-11-12-19(18,3)16(13-15)21-17(20)10-9-14-7-5-4-6-8-14/h4-10,15-16H,11-13H2,1-3H3/b10-9+/t15-,16+,19-/m1/s1. The molecule has 0 aliphatic heterocycles. The van der Waals surface area contributed by atoms with Crippen molar-refractivity contribution in [2.75, 3.05) is 0 Å². The summed E-state index contributed by atoms with van der Waals surface area (Å²) >= 11 is 0. The lowest BCUT2D eigenvalue weighted by Crippen LogP contribution is -2.38. The Morgan fingerprint density at radius 1 is 1.24 bits per heavy atom. The predicted octanol–water partition coefficient (Wildman–Crippen LogP) is 4.46. The summed E-state index contributed by atoms with van der Waals surface area (Å²) in [6, 6.07) is 9.85. The van der Waals surface area contributed by atoms with E-state index < -0.39 is 0 Å². The molecule has 0 saturated heterocycles. The molecule has 2 bridgehead atoms. The van der Waals surface area contributed by atoms with Gasteiger partial charge in [-0.05, 0) is 42.2 Å². The molecule has 2 aliphatic rings. The average Bonchev–Trinajstić information content (AvgIpc) is 2.79. The van der Waals surface area contributed by atoms with Crippen molar-refractivity contribution >= 4 is 12.0 Å². The molecule has 0 amide bonds. The summed E-state index contributed by atoms with van der Waals surface area (Å²) in [4.78, 5) is 12.1. The van der Waals surface area contributed by atoms with Gasteiger partial charge in [0.25, 0.3) is 0 Å². The maximum atomic E-state index is 12.1. The van der Waals surface area contributed by atoms with Crippen LogP contribution in [-0.4, -0.2) is 12.1 Å². The van der Waals surface area contributed by atoms with E-state index in [4.69, 9.17) is 4.74 Å². The minimum Gasteiger partial charge on any atom is -0.459 e. The van der Waals surface area contributed by atoms with Crippen molar-refractivity contribution in [3.8, 4) is 0 Å². The van der Waals surface area contributed by atoms with Crippen LogP contribution in [-0.2, 0) is 9.53 Å². The zero-order valence-corrected chi connectivity index (χ0v) is 13.1. The molecule has 0 unspecified atom stereocenters. The second-order valence-corrected chi connectivity index (χ2v) is 7.28. The summed E-state index contributed by atoms with van der Waals surface area (Å²) < 4.78 is 5.78. The Hall–Kier alpha value is -1.57. The van der Waals surface area contributed by atoms with Gasteiger partial charge in [0.15, 0.2) is 0 Å². The molecule has 2 heteroatoms. The van der Waals surface area contributed by atoms with Crippen LogP contribution >= 0.6 is 0 Å². The summed E-state index contributed by atoms with van der Waals surface area (Å²) in [5.41, 5.74) is 1.43.